The van der Waals surface area contributed by atoms with Crippen LogP contribution in [0.2, 0.25) is 0 Å². The van der Waals surface area contributed by atoms with Gasteiger partial charge in [-0.1, -0.05) is 6.07 Å². The van der Waals surface area contributed by atoms with Gasteiger partial charge in [0.2, 0.25) is 5.95 Å². The summed E-state index contributed by atoms with van der Waals surface area (Å²) in [6, 6.07) is 6.92. The number of pyridine rings is 1. The van der Waals surface area contributed by atoms with Crippen molar-refractivity contribution in [2.24, 2.45) is 4.36 Å². The van der Waals surface area contributed by atoms with Gasteiger partial charge in [-0.3, -0.25) is 9.59 Å². The van der Waals surface area contributed by atoms with Gasteiger partial charge in [0.05, 0.1) is 21.0 Å². The van der Waals surface area contributed by atoms with Crippen molar-refractivity contribution < 1.29 is 50.0 Å². The van der Waals surface area contributed by atoms with E-state index in [4.69, 9.17) is 9.47 Å². The molecular weight excluding hydrogens is 627 g/mol. The molecule has 16 heteroatoms. The van der Waals surface area contributed by atoms with Crippen LogP contribution in [0.3, 0.4) is 0 Å². The molecule has 0 unspecified atom stereocenters. The smallest absolute Gasteiger partial charge is 0.419 e. The number of alkyl halides is 3. The van der Waals surface area contributed by atoms with Crippen molar-refractivity contribution in [1.29, 1.82) is 0 Å². The highest BCUT2D eigenvalue weighted by Gasteiger charge is 2.37. The molecule has 0 saturated heterocycles. The summed E-state index contributed by atoms with van der Waals surface area (Å²) in [6.45, 7) is 7.49. The van der Waals surface area contributed by atoms with Crippen molar-refractivity contribution in [3.8, 4) is 11.5 Å². The molecule has 2 atom stereocenters. The SMILES string of the molecule is Cc1nc(F)ccc1Oc1ccc(C(F)(F)F)c(F)c1C(=O)Nc1cccc([S@@](C)(=O)=NC(=O)[C@@H](C)NC(=O)OC(C)(C)C)c1. The van der Waals surface area contributed by atoms with E-state index in [2.05, 4.69) is 20.0 Å². The number of halogens is 5. The first-order chi connectivity index (χ1) is 20.7. The van der Waals surface area contributed by atoms with E-state index in [1.807, 2.05) is 0 Å². The van der Waals surface area contributed by atoms with Crippen LogP contribution < -0.4 is 15.4 Å². The van der Waals surface area contributed by atoms with Gasteiger partial charge in [0.25, 0.3) is 11.8 Å². The molecule has 1 aromatic heterocycles. The molecule has 0 spiro atoms. The fourth-order valence-corrected chi connectivity index (χ4v) is 4.95. The molecular formula is C29H29F5N4O6S. The second-order valence-electron chi connectivity index (χ2n) is 10.7. The maximum atomic E-state index is 15.2. The largest absolute Gasteiger partial charge is 0.455 e. The van der Waals surface area contributed by atoms with Crippen molar-refractivity contribution >= 4 is 33.3 Å². The number of hydrogen-bond acceptors (Lipinski definition) is 7. The van der Waals surface area contributed by atoms with Crippen LogP contribution in [-0.2, 0) is 25.4 Å². The van der Waals surface area contributed by atoms with Gasteiger partial charge < -0.3 is 20.1 Å². The predicted octanol–water partition coefficient (Wildman–Crippen LogP) is 6.63. The quantitative estimate of drug-likeness (QED) is 0.215. The zero-order valence-electron chi connectivity index (χ0n) is 24.8. The van der Waals surface area contributed by atoms with Crippen LogP contribution in [0.4, 0.5) is 32.4 Å². The Morgan fingerprint density at radius 1 is 1.00 bits per heavy atom. The standard InChI is InChI=1S/C29H29F5N4O6S/c1-15-20(12-13-22(30)35-15)43-21-11-10-19(29(32,33)34)24(31)23(21)26(40)37-17-8-7-9-18(14-17)45(6,42)38-25(39)16(2)36-27(41)44-28(3,4)5/h7-14,16H,1-6H3,(H,36,41)(H,37,40)/t16-,45-/m1/s1. The lowest BCUT2D eigenvalue weighted by Crippen LogP contribution is -2.41. The summed E-state index contributed by atoms with van der Waals surface area (Å²) in [5.41, 5.74) is -3.88. The van der Waals surface area contributed by atoms with Crippen molar-refractivity contribution in [3.05, 3.63) is 77.1 Å². The Morgan fingerprint density at radius 2 is 1.64 bits per heavy atom. The molecule has 10 nitrogen and oxygen atoms in total. The number of benzene rings is 2. The molecule has 45 heavy (non-hydrogen) atoms. The van der Waals surface area contributed by atoms with Gasteiger partial charge in [0.15, 0.2) is 5.82 Å². The summed E-state index contributed by atoms with van der Waals surface area (Å²) < 4.78 is 96.8. The fourth-order valence-electron chi connectivity index (χ4n) is 3.67. The van der Waals surface area contributed by atoms with E-state index in [0.717, 1.165) is 30.5 Å². The predicted molar refractivity (Wildman–Crippen MR) is 153 cm³/mol. The highest BCUT2D eigenvalue weighted by molar-refractivity contribution is 7.93. The second kappa shape index (κ2) is 13.2. The monoisotopic (exact) mass is 656 g/mol. The summed E-state index contributed by atoms with van der Waals surface area (Å²) in [4.78, 5) is 41.2. The average Bonchev–Trinajstić information content (AvgIpc) is 2.88. The molecule has 3 rings (SSSR count). The van der Waals surface area contributed by atoms with Crippen LogP contribution in [0.15, 0.2) is 57.8 Å². The molecule has 0 aliphatic carbocycles. The van der Waals surface area contributed by atoms with Gasteiger partial charge in [-0.25, -0.2) is 18.4 Å². The number of nitrogens with one attached hydrogen (secondary N) is 2. The Hall–Kier alpha value is -4.60. The summed E-state index contributed by atoms with van der Waals surface area (Å²) >= 11 is 0. The summed E-state index contributed by atoms with van der Waals surface area (Å²) in [7, 11) is -3.49. The molecule has 3 aromatic rings. The molecule has 0 fully saturated rings. The van der Waals surface area contributed by atoms with Crippen molar-refractivity contribution in [2.75, 3.05) is 11.6 Å². The lowest BCUT2D eigenvalue weighted by Gasteiger charge is -2.21. The van der Waals surface area contributed by atoms with Gasteiger partial charge in [0.1, 0.15) is 28.7 Å². The van der Waals surface area contributed by atoms with Crippen LogP contribution in [0.25, 0.3) is 0 Å². The first-order valence-corrected chi connectivity index (χ1v) is 15.0. The molecule has 2 aromatic carbocycles. The minimum atomic E-state index is -5.16. The van der Waals surface area contributed by atoms with E-state index in [9.17, 15) is 36.2 Å². The second-order valence-corrected chi connectivity index (χ2v) is 13.0. The highest BCUT2D eigenvalue weighted by atomic mass is 32.2. The molecule has 1 heterocycles. The third-order valence-electron chi connectivity index (χ3n) is 5.76. The number of nitrogens with zero attached hydrogens (tertiary/aromatic N) is 2. The van der Waals surface area contributed by atoms with Crippen LogP contribution in [0.5, 0.6) is 11.5 Å². The molecule has 0 bridgehead atoms. The molecule has 2 N–H and O–H groups in total. The number of rotatable bonds is 7. The first kappa shape index (κ1) is 34.9. The molecule has 3 amide bonds. The molecule has 242 valence electrons. The maximum absolute atomic E-state index is 15.2. The van der Waals surface area contributed by atoms with E-state index < -0.39 is 74.1 Å². The van der Waals surface area contributed by atoms with Gasteiger partial charge in [0, 0.05) is 16.8 Å². The highest BCUT2D eigenvalue weighted by Crippen LogP contribution is 2.38. The molecule has 0 aliphatic heterocycles. The van der Waals surface area contributed by atoms with E-state index >= 15 is 4.39 Å². The van der Waals surface area contributed by atoms with Crippen molar-refractivity contribution in [2.45, 2.75) is 57.3 Å². The number of anilines is 1. The normalized spacial score (nSPS) is 13.7. The number of ether oxygens (including phenoxy) is 2. The maximum Gasteiger partial charge on any atom is 0.419 e. The Balaban J connectivity index is 1.94. The molecule has 0 aliphatic rings. The van der Waals surface area contributed by atoms with Crippen LogP contribution >= 0.6 is 0 Å². The number of alkyl carbamates (subject to hydrolysis) is 1. The zero-order chi connectivity index (χ0) is 33.9. The fraction of sp³-hybridized carbons (Fsp3) is 0.310. The molecule has 0 radical (unpaired) electrons. The Labute approximate surface area is 255 Å². The Morgan fingerprint density at radius 3 is 2.24 bits per heavy atom. The van der Waals surface area contributed by atoms with Gasteiger partial charge in [-0.15, -0.1) is 0 Å². The van der Waals surface area contributed by atoms with E-state index in [1.165, 1.54) is 32.0 Å². The van der Waals surface area contributed by atoms with Gasteiger partial charge in [-0.05, 0) is 77.1 Å². The lowest BCUT2D eigenvalue weighted by molar-refractivity contribution is -0.140. The van der Waals surface area contributed by atoms with Crippen LogP contribution in [0, 0.1) is 18.7 Å². The van der Waals surface area contributed by atoms with Crippen molar-refractivity contribution in [1.82, 2.24) is 10.3 Å². The topological polar surface area (TPSA) is 136 Å². The lowest BCUT2D eigenvalue weighted by atomic mass is 10.1. The summed E-state index contributed by atoms with van der Waals surface area (Å²) in [5, 5.41) is 4.51. The summed E-state index contributed by atoms with van der Waals surface area (Å²) in [6.07, 6.45) is -4.95. The number of carbonyl (C=O) groups is 3. The van der Waals surface area contributed by atoms with E-state index in [0.29, 0.717) is 6.07 Å². The van der Waals surface area contributed by atoms with Crippen molar-refractivity contribution in [3.63, 3.8) is 0 Å². The third-order valence-corrected chi connectivity index (χ3v) is 7.41. The van der Waals surface area contributed by atoms with Gasteiger partial charge >= 0.3 is 12.3 Å². The van der Waals surface area contributed by atoms with Crippen LogP contribution in [-0.4, -0.2) is 45.0 Å². The number of aryl methyl sites for hydroxylation is 1. The minimum absolute atomic E-state index is 0.0269. The molecule has 0 saturated carbocycles. The van der Waals surface area contributed by atoms with E-state index in [1.54, 1.807) is 20.8 Å². The van der Waals surface area contributed by atoms with Crippen LogP contribution in [0.1, 0.15) is 49.3 Å². The van der Waals surface area contributed by atoms with Gasteiger partial charge in [-0.2, -0.15) is 21.9 Å². The Kier molecular flexibility index (Phi) is 10.2. The zero-order valence-corrected chi connectivity index (χ0v) is 25.7. The number of amides is 3. The Bertz CT molecular complexity index is 1760. The van der Waals surface area contributed by atoms with E-state index in [-0.39, 0.29) is 22.0 Å². The number of aromatic nitrogens is 1. The third kappa shape index (κ3) is 9.20. The average molecular weight is 657 g/mol. The first-order valence-electron chi connectivity index (χ1n) is 13.1. The summed E-state index contributed by atoms with van der Waals surface area (Å²) in [5.74, 6) is -5.92. The number of carbonyl (C=O) groups excluding carboxylic acids is 3. The minimum Gasteiger partial charge on any atom is -0.455 e. The number of hydrogen-bond donors (Lipinski definition) is 2.